The van der Waals surface area contributed by atoms with Gasteiger partial charge in [-0.1, -0.05) is 315 Å². The maximum absolute atomic E-state index is 6.41. The second kappa shape index (κ2) is 35.5. The largest absolute Gasteiger partial charge is 1.20 e. The average molecular weight is 1600 g/mol. The Kier molecular flexibility index (Phi) is 22.3. The number of aromatic nitrogens is 4. The summed E-state index contributed by atoms with van der Waals surface area (Å²) in [6, 6.07) is 153. The normalized spacial score (nSPS) is 11.0. The van der Waals surface area contributed by atoms with E-state index in [1.165, 1.54) is 104 Å². The third-order valence-electron chi connectivity index (χ3n) is 22.1. The lowest BCUT2D eigenvalue weighted by molar-refractivity contribution is 0.311. The number of anilines is 6. The number of benzene rings is 18. The predicted octanol–water partition coefficient (Wildman–Crippen LogP) is 29.3. The van der Waals surface area contributed by atoms with Gasteiger partial charge in [-0.25, -0.2) is 0 Å². The van der Waals surface area contributed by atoms with Crippen molar-refractivity contribution < 1.29 is 11.4 Å². The summed E-state index contributed by atoms with van der Waals surface area (Å²) in [5.74, 6) is 1.82. The maximum atomic E-state index is 6.41. The molecule has 22 rings (SSSR count). The molecule has 0 spiro atoms. The number of nitrogens with zero attached hydrogens (tertiary/aromatic N) is 7. The van der Waals surface area contributed by atoms with E-state index >= 15 is 0 Å². The van der Waals surface area contributed by atoms with E-state index < -0.39 is 15.1 Å². The molecule has 122 heavy (non-hydrogen) atoms. The third kappa shape index (κ3) is 15.7. The lowest BCUT2D eigenvalue weighted by atomic mass is 9.86. The van der Waals surface area contributed by atoms with E-state index in [2.05, 4.69) is 397 Å². The summed E-state index contributed by atoms with van der Waals surface area (Å²) < 4.78 is 24.4. The van der Waals surface area contributed by atoms with Gasteiger partial charge in [0.1, 0.15) is 33.8 Å². The minimum Gasteiger partial charge on any atom is -0.576 e. The van der Waals surface area contributed by atoms with Crippen molar-refractivity contribution in [2.45, 2.75) is 0 Å². The van der Waals surface area contributed by atoms with Crippen LogP contribution in [-0.2, 0) is 0 Å². The highest BCUT2D eigenvalue weighted by Gasteiger charge is 2.46. The molecule has 0 fully saturated rings. The van der Waals surface area contributed by atoms with Gasteiger partial charge in [0.05, 0.1) is 22.4 Å². The molecule has 576 valence electrons. The molecule has 18 aromatic carbocycles. The molecule has 0 unspecified atom stereocenters. The Morgan fingerprint density at radius 3 is 0.918 bits per heavy atom. The van der Waals surface area contributed by atoms with Crippen molar-refractivity contribution in [3.8, 4) is 56.3 Å². The number of para-hydroxylation sites is 7. The molecule has 2 radical (unpaired) electrons. The molecule has 0 atom stereocenters. The Balaban J connectivity index is 0.000000120. The molecule has 13 heteroatoms. The van der Waals surface area contributed by atoms with Crippen LogP contribution in [0.1, 0.15) is 0 Å². The monoisotopic (exact) mass is 1600 g/mol. The average Bonchev–Trinajstić information content (AvgIpc) is 0.856. The van der Waals surface area contributed by atoms with Crippen molar-refractivity contribution in [3.05, 3.63) is 455 Å². The Hall–Kier alpha value is -15.3. The first-order valence-corrected chi connectivity index (χ1v) is 42.4. The van der Waals surface area contributed by atoms with Gasteiger partial charge in [0.25, 0.3) is 7.98 Å². The minimum absolute atomic E-state index is 0.608. The first-order chi connectivity index (χ1) is 60.5. The molecule has 10 nitrogen and oxygen atoms in total. The van der Waals surface area contributed by atoms with Gasteiger partial charge in [0, 0.05) is 84.7 Å². The highest BCUT2D eigenvalue weighted by molar-refractivity contribution is 7.05. The fourth-order valence-electron chi connectivity index (χ4n) is 16.7. The van der Waals surface area contributed by atoms with E-state index in [0.29, 0.717) is 17.2 Å². The molecule has 0 amide bonds. The minimum atomic E-state index is -2.86. The molecule has 4 aromatic heterocycles. The van der Waals surface area contributed by atoms with Gasteiger partial charge in [0.2, 0.25) is 0 Å². The highest BCUT2D eigenvalue weighted by Crippen LogP contribution is 2.46. The van der Waals surface area contributed by atoms with Crippen molar-refractivity contribution >= 4 is 164 Å². The van der Waals surface area contributed by atoms with Crippen LogP contribution in [0.15, 0.2) is 460 Å². The molecule has 0 saturated heterocycles. The summed E-state index contributed by atoms with van der Waals surface area (Å²) in [5.41, 5.74) is 20.1. The van der Waals surface area contributed by atoms with E-state index in [0.717, 1.165) is 66.8 Å². The van der Waals surface area contributed by atoms with Crippen LogP contribution in [0.4, 0.5) is 34.1 Å². The lowest BCUT2D eigenvalue weighted by Crippen LogP contribution is -2.37. The molecule has 0 saturated carbocycles. The van der Waals surface area contributed by atoms with Gasteiger partial charge in [-0.05, 0) is 196 Å². The number of pyridine rings is 3. The third-order valence-corrected chi connectivity index (χ3v) is 23.4. The topological polar surface area (TPSA) is 90.1 Å². The van der Waals surface area contributed by atoms with Crippen molar-refractivity contribution in [3.63, 3.8) is 0 Å². The Bertz CT molecular complexity index is 7010. The molecular weight excluding hydrogens is 1520 g/mol. The van der Waals surface area contributed by atoms with Crippen molar-refractivity contribution in [1.82, 2.24) is 19.5 Å². The molecular formula is C109H76AlBN7O3P. The van der Waals surface area contributed by atoms with E-state index in [9.17, 15) is 0 Å². The van der Waals surface area contributed by atoms with Crippen LogP contribution in [0, 0.1) is 0 Å². The van der Waals surface area contributed by atoms with E-state index in [4.69, 9.17) is 11.4 Å². The zero-order valence-electron chi connectivity index (χ0n) is 66.3. The molecule has 4 heterocycles. The summed E-state index contributed by atoms with van der Waals surface area (Å²) in [4.78, 5) is 18.2. The number of hydrogen-bond acceptors (Lipinski definition) is 9. The zero-order chi connectivity index (χ0) is 81.9. The zero-order valence-corrected chi connectivity index (χ0v) is 68.5. The van der Waals surface area contributed by atoms with Crippen molar-refractivity contribution in [2.75, 3.05) is 9.80 Å². The highest BCUT2D eigenvalue weighted by atomic mass is 31.0. The van der Waals surface area contributed by atoms with Gasteiger partial charge in [0.15, 0.2) is 0 Å². The second-order valence-electron chi connectivity index (χ2n) is 29.3. The van der Waals surface area contributed by atoms with E-state index in [1.54, 1.807) is 18.6 Å². The molecule has 0 aliphatic carbocycles. The smallest absolute Gasteiger partial charge is 0.576 e. The Morgan fingerprint density at radius 2 is 0.533 bits per heavy atom. The van der Waals surface area contributed by atoms with Gasteiger partial charge in [-0.2, -0.15) is 0 Å². The molecule has 0 aliphatic rings. The molecule has 0 aliphatic heterocycles. The number of rotatable bonds is 16. The second-order valence-corrected chi connectivity index (χ2v) is 30.9. The Labute approximate surface area is 715 Å². The van der Waals surface area contributed by atoms with Crippen LogP contribution in [0.5, 0.6) is 17.2 Å². The van der Waals surface area contributed by atoms with Crippen molar-refractivity contribution in [2.24, 2.45) is 4.66 Å². The van der Waals surface area contributed by atoms with Gasteiger partial charge in [-0.15, -0.1) is 0 Å². The molecule has 0 bridgehead atoms. The van der Waals surface area contributed by atoms with Crippen LogP contribution in [-0.4, -0.2) is 42.6 Å². The van der Waals surface area contributed by atoms with Gasteiger partial charge < -0.3 is 30.4 Å². The standard InChI is InChI=1S/C44H32N2.C38H25N.3C9H7NO.Al.BHNP/c1-3-17-37(18-4-1)45(43-23-11-15-35-13-7-9-21-41(35)43)39-29-25-33(26-30-39)34-27-31-40(32-28-34)46(38-19-5-2-6-20-38)44-24-12-16-36-14-8-10-22-42(36)44;1-2-12-26(13-3-1)37-31-16-4-6-18-33(31)38(34-19-7-5-17-32(34)37)27-22-24-28(25-23-27)39-35-20-10-8-14-29(35)30-15-9-11-21-36(30)39;3*11-8-5-1-3-7-4-2-6-10-9(7)8;;1-2-3/h1-32H;1-25H;3*1-6,11H;;3H/q;;;;;+3;/p-3. The quantitative estimate of drug-likeness (QED) is 0.0537. The SMILES string of the molecule is [B]N=P.c1ccc(-c2c3ccccc3c(-c3ccc(-n4c5ccccc5c5ccccc54)cc3)c3ccccc23)cc1.c1ccc(N(c2ccc(-c3ccc(N(c4ccccc4)c4cccc5ccccc45)cc3)cc2)c2cccc3ccccc23)cc1.c1cnc2c([O][Al]([O]c3cccc4cccnc34)[O]c3cccc4cccnc34)cccc2c1. The van der Waals surface area contributed by atoms with Crippen LogP contribution in [0.3, 0.4) is 0 Å². The summed E-state index contributed by atoms with van der Waals surface area (Å²) in [5, 5.41) is 15.5. The van der Waals surface area contributed by atoms with Gasteiger partial charge >= 0.3 is 15.1 Å². The fourth-order valence-corrected chi connectivity index (χ4v) is 18.0. The molecule has 22 aromatic rings. The lowest BCUT2D eigenvalue weighted by Gasteiger charge is -2.27. The van der Waals surface area contributed by atoms with E-state index in [-0.39, 0.29) is 0 Å². The number of fused-ring (bicyclic) bond motifs is 10. The van der Waals surface area contributed by atoms with E-state index in [1.807, 2.05) is 91.0 Å². The summed E-state index contributed by atoms with van der Waals surface area (Å²) in [7, 11) is 6.97. The van der Waals surface area contributed by atoms with Crippen LogP contribution in [0.25, 0.3) is 137 Å². The molecule has 0 N–H and O–H groups in total. The number of hydrogen-bond donors (Lipinski definition) is 0. The first kappa shape index (κ1) is 76.7. The van der Waals surface area contributed by atoms with Crippen LogP contribution < -0.4 is 21.2 Å². The summed E-state index contributed by atoms with van der Waals surface area (Å²) in [6.07, 6.45) is 5.24. The van der Waals surface area contributed by atoms with Crippen LogP contribution >= 0.6 is 9.03 Å². The van der Waals surface area contributed by atoms with Gasteiger partial charge in [-0.3, -0.25) is 15.0 Å². The van der Waals surface area contributed by atoms with Crippen molar-refractivity contribution in [1.29, 1.82) is 0 Å². The predicted molar refractivity (Wildman–Crippen MR) is 512 cm³/mol. The maximum Gasteiger partial charge on any atom is 1.20 e. The fraction of sp³-hybridized carbons (Fsp3) is 0. The first-order valence-electron chi connectivity index (χ1n) is 40.5. The van der Waals surface area contributed by atoms with Crippen LogP contribution in [0.2, 0.25) is 0 Å². The Morgan fingerprint density at radius 1 is 0.254 bits per heavy atom. The summed E-state index contributed by atoms with van der Waals surface area (Å²) in [6.45, 7) is 0. The summed E-state index contributed by atoms with van der Waals surface area (Å²) >= 11 is -2.86.